The second kappa shape index (κ2) is 8.49. The van der Waals surface area contributed by atoms with Crippen molar-refractivity contribution in [3.05, 3.63) is 24.3 Å². The summed E-state index contributed by atoms with van der Waals surface area (Å²) in [5.41, 5.74) is 0. The van der Waals surface area contributed by atoms with Gasteiger partial charge in [0.2, 0.25) is 0 Å². The molecule has 20 heavy (non-hydrogen) atoms. The molecule has 4 nitrogen and oxygen atoms in total. The number of ether oxygens (including phenoxy) is 1. The lowest BCUT2D eigenvalue weighted by atomic mass is 10.2. The molecule has 0 saturated heterocycles. The van der Waals surface area contributed by atoms with Crippen molar-refractivity contribution in [3.8, 4) is 11.8 Å². The molecule has 1 amide bonds. The summed E-state index contributed by atoms with van der Waals surface area (Å²) in [4.78, 5) is 13.1. The molecule has 1 N–H and O–H groups in total. The quantitative estimate of drug-likeness (QED) is 0.785. The van der Waals surface area contributed by atoms with Gasteiger partial charge in [0.1, 0.15) is 11.8 Å². The third-order valence-corrected chi connectivity index (χ3v) is 3.53. The molecular formula is C15H20N2O2S. The number of nitrogens with one attached hydrogen (secondary N) is 1. The Morgan fingerprint density at radius 1 is 1.45 bits per heavy atom. The summed E-state index contributed by atoms with van der Waals surface area (Å²) in [6.07, 6.45) is 2.88. The predicted molar refractivity (Wildman–Crippen MR) is 80.8 cm³/mol. The van der Waals surface area contributed by atoms with Crippen molar-refractivity contribution in [3.63, 3.8) is 0 Å². The van der Waals surface area contributed by atoms with Crippen molar-refractivity contribution < 1.29 is 9.53 Å². The third-order valence-electron chi connectivity index (χ3n) is 2.79. The molecule has 1 aromatic rings. The number of amides is 1. The maximum Gasteiger partial charge on any atom is 0.261 e. The van der Waals surface area contributed by atoms with Gasteiger partial charge in [-0.05, 0) is 43.9 Å². The average Bonchev–Trinajstić information content (AvgIpc) is 2.47. The number of rotatable bonds is 7. The lowest BCUT2D eigenvalue weighted by Crippen LogP contribution is -2.41. The Kier molecular flexibility index (Phi) is 6.96. The summed E-state index contributed by atoms with van der Waals surface area (Å²) in [5, 5.41) is 11.6. The molecule has 108 valence electrons. The number of carbonyl (C=O) groups excluding carboxylic acids is 1. The van der Waals surface area contributed by atoms with E-state index in [2.05, 4.69) is 11.4 Å². The van der Waals surface area contributed by atoms with Crippen LogP contribution in [0.2, 0.25) is 0 Å². The molecule has 1 aromatic carbocycles. The van der Waals surface area contributed by atoms with Gasteiger partial charge < -0.3 is 10.1 Å². The predicted octanol–water partition coefficient (Wildman–Crippen LogP) is 2.98. The molecule has 0 aliphatic carbocycles. The van der Waals surface area contributed by atoms with Gasteiger partial charge in [-0.25, -0.2) is 0 Å². The van der Waals surface area contributed by atoms with E-state index in [4.69, 9.17) is 10.00 Å². The first kappa shape index (κ1) is 16.4. The van der Waals surface area contributed by atoms with Gasteiger partial charge in [-0.3, -0.25) is 4.79 Å². The topological polar surface area (TPSA) is 62.1 Å². The van der Waals surface area contributed by atoms with E-state index >= 15 is 0 Å². The van der Waals surface area contributed by atoms with E-state index in [9.17, 15) is 4.79 Å². The highest BCUT2D eigenvalue weighted by Gasteiger charge is 2.18. The van der Waals surface area contributed by atoms with E-state index in [1.807, 2.05) is 37.4 Å². The third kappa shape index (κ3) is 5.14. The number of hydrogen-bond donors (Lipinski definition) is 1. The van der Waals surface area contributed by atoms with Gasteiger partial charge in [-0.15, -0.1) is 11.8 Å². The zero-order valence-corrected chi connectivity index (χ0v) is 12.9. The Labute approximate surface area is 124 Å². The van der Waals surface area contributed by atoms with Crippen LogP contribution in [-0.2, 0) is 4.79 Å². The fourth-order valence-electron chi connectivity index (χ4n) is 1.66. The molecule has 0 aromatic heterocycles. The minimum Gasteiger partial charge on any atom is -0.481 e. The van der Waals surface area contributed by atoms with Crippen molar-refractivity contribution >= 4 is 17.7 Å². The van der Waals surface area contributed by atoms with E-state index in [-0.39, 0.29) is 5.91 Å². The molecule has 0 radical (unpaired) electrons. The largest absolute Gasteiger partial charge is 0.481 e. The second-order valence-corrected chi connectivity index (χ2v) is 5.29. The summed E-state index contributed by atoms with van der Waals surface area (Å²) in [7, 11) is 0. The summed E-state index contributed by atoms with van der Waals surface area (Å²) in [6.45, 7) is 3.65. The standard InChI is InChI=1S/C15H20N2O2S/c1-4-5-12(10-16)17-15(18)11(2)19-13-6-8-14(20-3)9-7-13/h6-9,11-12H,4-5H2,1-3H3,(H,17,18)/t11-,12-/m1/s1. The van der Waals surface area contributed by atoms with Crippen LogP contribution in [-0.4, -0.2) is 24.3 Å². The Hall–Kier alpha value is -1.67. The van der Waals surface area contributed by atoms with Crippen LogP contribution in [0.15, 0.2) is 29.2 Å². The maximum absolute atomic E-state index is 11.9. The highest BCUT2D eigenvalue weighted by molar-refractivity contribution is 7.98. The van der Waals surface area contributed by atoms with Crippen LogP contribution < -0.4 is 10.1 Å². The fourth-order valence-corrected chi connectivity index (χ4v) is 2.07. The molecule has 1 rings (SSSR count). The molecule has 0 heterocycles. The summed E-state index contributed by atoms with van der Waals surface area (Å²) < 4.78 is 5.57. The Balaban J connectivity index is 2.54. The van der Waals surface area contributed by atoms with Crippen LogP contribution in [0.5, 0.6) is 5.75 Å². The van der Waals surface area contributed by atoms with Crippen LogP contribution in [0.25, 0.3) is 0 Å². The van der Waals surface area contributed by atoms with Gasteiger partial charge in [0.25, 0.3) is 5.91 Å². The van der Waals surface area contributed by atoms with Crippen molar-refractivity contribution in [2.45, 2.75) is 43.7 Å². The minimum atomic E-state index is -0.622. The Morgan fingerprint density at radius 3 is 2.60 bits per heavy atom. The molecule has 5 heteroatoms. The highest BCUT2D eigenvalue weighted by Crippen LogP contribution is 2.19. The van der Waals surface area contributed by atoms with E-state index < -0.39 is 12.1 Å². The molecule has 0 aliphatic rings. The molecule has 0 fully saturated rings. The molecule has 0 saturated carbocycles. The van der Waals surface area contributed by atoms with Gasteiger partial charge in [-0.2, -0.15) is 5.26 Å². The fraction of sp³-hybridized carbons (Fsp3) is 0.467. The number of nitrogens with zero attached hydrogens (tertiary/aromatic N) is 1. The molecular weight excluding hydrogens is 272 g/mol. The highest BCUT2D eigenvalue weighted by atomic mass is 32.2. The van der Waals surface area contributed by atoms with Crippen LogP contribution in [0, 0.1) is 11.3 Å². The zero-order valence-electron chi connectivity index (χ0n) is 12.1. The van der Waals surface area contributed by atoms with Crippen LogP contribution in [0.3, 0.4) is 0 Å². The van der Waals surface area contributed by atoms with Crippen LogP contribution in [0.4, 0.5) is 0 Å². The van der Waals surface area contributed by atoms with E-state index in [1.165, 1.54) is 0 Å². The SMILES string of the molecule is CCC[C@H](C#N)NC(=O)[C@@H](C)Oc1ccc(SC)cc1. The normalized spacial score (nSPS) is 13.1. The average molecular weight is 292 g/mol. The maximum atomic E-state index is 11.9. The van der Waals surface area contributed by atoms with E-state index in [0.717, 1.165) is 11.3 Å². The molecule has 0 aliphatic heterocycles. The first-order chi connectivity index (χ1) is 9.60. The minimum absolute atomic E-state index is 0.265. The van der Waals surface area contributed by atoms with Crippen LogP contribution >= 0.6 is 11.8 Å². The second-order valence-electron chi connectivity index (χ2n) is 4.41. The smallest absolute Gasteiger partial charge is 0.261 e. The number of hydrogen-bond acceptors (Lipinski definition) is 4. The van der Waals surface area contributed by atoms with Gasteiger partial charge in [0, 0.05) is 4.90 Å². The molecule has 0 bridgehead atoms. The van der Waals surface area contributed by atoms with Crippen LogP contribution in [0.1, 0.15) is 26.7 Å². The first-order valence-corrected chi connectivity index (χ1v) is 7.83. The molecule has 2 atom stereocenters. The van der Waals surface area contributed by atoms with Crippen molar-refractivity contribution in [1.82, 2.24) is 5.32 Å². The van der Waals surface area contributed by atoms with E-state index in [1.54, 1.807) is 18.7 Å². The lowest BCUT2D eigenvalue weighted by molar-refractivity contribution is -0.127. The first-order valence-electron chi connectivity index (χ1n) is 6.61. The number of benzene rings is 1. The van der Waals surface area contributed by atoms with Gasteiger partial charge in [0.05, 0.1) is 6.07 Å². The Bertz CT molecular complexity index is 468. The van der Waals surface area contributed by atoms with Gasteiger partial charge in [0.15, 0.2) is 6.10 Å². The molecule has 0 spiro atoms. The van der Waals surface area contributed by atoms with Crippen molar-refractivity contribution in [1.29, 1.82) is 5.26 Å². The molecule has 0 unspecified atom stereocenters. The zero-order chi connectivity index (χ0) is 15.0. The number of carbonyl (C=O) groups is 1. The lowest BCUT2D eigenvalue weighted by Gasteiger charge is -2.17. The van der Waals surface area contributed by atoms with Crippen molar-refractivity contribution in [2.24, 2.45) is 0 Å². The summed E-state index contributed by atoms with van der Waals surface area (Å²) >= 11 is 1.65. The van der Waals surface area contributed by atoms with Gasteiger partial charge in [-0.1, -0.05) is 13.3 Å². The number of thioether (sulfide) groups is 1. The summed E-state index contributed by atoms with van der Waals surface area (Å²) in [6, 6.07) is 9.19. The van der Waals surface area contributed by atoms with Gasteiger partial charge >= 0.3 is 0 Å². The van der Waals surface area contributed by atoms with Crippen molar-refractivity contribution in [2.75, 3.05) is 6.26 Å². The monoisotopic (exact) mass is 292 g/mol. The summed E-state index contributed by atoms with van der Waals surface area (Å²) in [5.74, 6) is 0.383. The van der Waals surface area contributed by atoms with E-state index in [0.29, 0.717) is 12.2 Å². The number of nitriles is 1. The Morgan fingerprint density at radius 2 is 2.10 bits per heavy atom.